The van der Waals surface area contributed by atoms with Gasteiger partial charge in [0.2, 0.25) is 0 Å². The normalized spacial score (nSPS) is 10.9. The lowest BCUT2D eigenvalue weighted by Crippen LogP contribution is -1.76. The van der Waals surface area contributed by atoms with Gasteiger partial charge >= 0.3 is 0 Å². The SMILES string of the molecule is Cc1nc2cc(O)c(Sc3ccccc3)cc2o1. The molecule has 0 aliphatic heterocycles. The predicted molar refractivity (Wildman–Crippen MR) is 71.0 cm³/mol. The van der Waals surface area contributed by atoms with E-state index in [9.17, 15) is 5.11 Å². The van der Waals surface area contributed by atoms with Gasteiger partial charge in [-0.05, 0) is 12.1 Å². The number of rotatable bonds is 2. The molecule has 0 aliphatic carbocycles. The molecule has 0 radical (unpaired) electrons. The molecule has 0 unspecified atom stereocenters. The van der Waals surface area contributed by atoms with Gasteiger partial charge in [-0.2, -0.15) is 0 Å². The van der Waals surface area contributed by atoms with E-state index in [1.54, 1.807) is 13.0 Å². The summed E-state index contributed by atoms with van der Waals surface area (Å²) in [5, 5.41) is 9.98. The van der Waals surface area contributed by atoms with Crippen LogP contribution in [0.2, 0.25) is 0 Å². The van der Waals surface area contributed by atoms with Gasteiger partial charge < -0.3 is 9.52 Å². The number of hydrogen-bond acceptors (Lipinski definition) is 4. The van der Waals surface area contributed by atoms with Crippen LogP contribution in [-0.2, 0) is 0 Å². The number of nitrogens with zero attached hydrogens (tertiary/aromatic N) is 1. The second-order valence-corrected chi connectivity index (χ2v) is 5.05. The number of aryl methyl sites for hydroxylation is 1. The number of hydrogen-bond donors (Lipinski definition) is 1. The first kappa shape index (κ1) is 11.2. The van der Waals surface area contributed by atoms with Gasteiger partial charge in [-0.1, -0.05) is 30.0 Å². The highest BCUT2D eigenvalue weighted by atomic mass is 32.2. The van der Waals surface area contributed by atoms with Gasteiger partial charge in [0.15, 0.2) is 11.5 Å². The van der Waals surface area contributed by atoms with E-state index >= 15 is 0 Å². The minimum absolute atomic E-state index is 0.227. The lowest BCUT2D eigenvalue weighted by atomic mass is 10.3. The maximum absolute atomic E-state index is 9.98. The van der Waals surface area contributed by atoms with Crippen LogP contribution in [0.1, 0.15) is 5.89 Å². The molecule has 3 aromatic rings. The molecule has 1 aromatic heterocycles. The molecule has 0 saturated heterocycles. The summed E-state index contributed by atoms with van der Waals surface area (Å²) in [5.41, 5.74) is 1.38. The number of fused-ring (bicyclic) bond motifs is 1. The number of phenols is 1. The van der Waals surface area contributed by atoms with Crippen LogP contribution >= 0.6 is 11.8 Å². The van der Waals surface area contributed by atoms with Gasteiger partial charge in [-0.15, -0.1) is 0 Å². The van der Waals surface area contributed by atoms with Crippen molar-refractivity contribution in [1.82, 2.24) is 4.98 Å². The fourth-order valence-corrected chi connectivity index (χ4v) is 2.63. The Morgan fingerprint density at radius 1 is 1.17 bits per heavy atom. The van der Waals surface area contributed by atoms with Crippen LogP contribution in [0.4, 0.5) is 0 Å². The van der Waals surface area contributed by atoms with E-state index in [1.807, 2.05) is 36.4 Å². The van der Waals surface area contributed by atoms with Crippen molar-refractivity contribution in [2.45, 2.75) is 16.7 Å². The highest BCUT2D eigenvalue weighted by Gasteiger charge is 2.09. The minimum atomic E-state index is 0.227. The molecule has 1 N–H and O–H groups in total. The first-order chi connectivity index (χ1) is 8.72. The first-order valence-electron chi connectivity index (χ1n) is 5.55. The predicted octanol–water partition coefficient (Wildman–Crippen LogP) is 3.99. The molecule has 1 heterocycles. The molecule has 0 bridgehead atoms. The zero-order valence-corrected chi connectivity index (χ0v) is 10.6. The van der Waals surface area contributed by atoms with Crippen LogP contribution in [0.3, 0.4) is 0 Å². The summed E-state index contributed by atoms with van der Waals surface area (Å²) in [6.07, 6.45) is 0. The van der Waals surface area contributed by atoms with Gasteiger partial charge in [0.05, 0.1) is 4.90 Å². The summed E-state index contributed by atoms with van der Waals surface area (Å²) in [7, 11) is 0. The van der Waals surface area contributed by atoms with Crippen molar-refractivity contribution < 1.29 is 9.52 Å². The van der Waals surface area contributed by atoms with Crippen LogP contribution < -0.4 is 0 Å². The summed E-state index contributed by atoms with van der Waals surface area (Å²) in [5.74, 6) is 0.830. The average Bonchev–Trinajstić information content (AvgIpc) is 2.70. The average molecular weight is 257 g/mol. The fraction of sp³-hybridized carbons (Fsp3) is 0.0714. The quantitative estimate of drug-likeness (QED) is 0.754. The Bertz CT molecular complexity index is 692. The molecular weight excluding hydrogens is 246 g/mol. The first-order valence-corrected chi connectivity index (χ1v) is 6.37. The van der Waals surface area contributed by atoms with Crippen molar-refractivity contribution in [2.75, 3.05) is 0 Å². The number of aromatic hydroxyl groups is 1. The Balaban J connectivity index is 2.03. The minimum Gasteiger partial charge on any atom is -0.507 e. The number of oxazole rings is 1. The molecule has 2 aromatic carbocycles. The van der Waals surface area contributed by atoms with Crippen molar-refractivity contribution in [3.05, 3.63) is 48.4 Å². The molecule has 18 heavy (non-hydrogen) atoms. The summed E-state index contributed by atoms with van der Waals surface area (Å²) in [6, 6.07) is 13.4. The highest BCUT2D eigenvalue weighted by Crippen LogP contribution is 2.37. The van der Waals surface area contributed by atoms with Gasteiger partial charge in [0.1, 0.15) is 11.3 Å². The Morgan fingerprint density at radius 3 is 2.72 bits per heavy atom. The molecule has 4 heteroatoms. The summed E-state index contributed by atoms with van der Waals surface area (Å²) < 4.78 is 5.47. The molecule has 0 spiro atoms. The Hall–Kier alpha value is -1.94. The lowest BCUT2D eigenvalue weighted by molar-refractivity contribution is 0.462. The third kappa shape index (κ3) is 2.07. The molecule has 3 nitrogen and oxygen atoms in total. The van der Waals surface area contributed by atoms with Gasteiger partial charge in [0.25, 0.3) is 0 Å². The maximum Gasteiger partial charge on any atom is 0.192 e. The fourth-order valence-electron chi connectivity index (χ4n) is 1.76. The standard InChI is InChI=1S/C14H11NO2S/c1-9-15-11-7-12(16)14(8-13(11)17-9)18-10-5-3-2-4-6-10/h2-8,16H,1H3. The van der Waals surface area contributed by atoms with Crippen molar-refractivity contribution in [3.8, 4) is 5.75 Å². The van der Waals surface area contributed by atoms with Gasteiger partial charge in [-0.3, -0.25) is 0 Å². The van der Waals surface area contributed by atoms with Crippen LogP contribution in [-0.4, -0.2) is 10.1 Å². The zero-order chi connectivity index (χ0) is 12.5. The van der Waals surface area contributed by atoms with Gasteiger partial charge in [0, 0.05) is 24.0 Å². The van der Waals surface area contributed by atoms with Crippen molar-refractivity contribution >= 4 is 22.9 Å². The van der Waals surface area contributed by atoms with E-state index in [4.69, 9.17) is 4.42 Å². The maximum atomic E-state index is 9.98. The molecule has 0 fully saturated rings. The second kappa shape index (κ2) is 4.38. The van der Waals surface area contributed by atoms with Crippen LogP contribution in [0.25, 0.3) is 11.1 Å². The molecule has 90 valence electrons. The van der Waals surface area contributed by atoms with Crippen molar-refractivity contribution in [3.63, 3.8) is 0 Å². The number of benzene rings is 2. The van der Waals surface area contributed by atoms with E-state index in [1.165, 1.54) is 11.8 Å². The Morgan fingerprint density at radius 2 is 1.94 bits per heavy atom. The largest absolute Gasteiger partial charge is 0.507 e. The molecule has 0 aliphatic rings. The van der Waals surface area contributed by atoms with E-state index in [2.05, 4.69) is 4.98 Å². The molecule has 0 amide bonds. The van der Waals surface area contributed by atoms with Crippen molar-refractivity contribution in [1.29, 1.82) is 0 Å². The van der Waals surface area contributed by atoms with E-state index in [0.29, 0.717) is 17.0 Å². The third-order valence-corrected chi connectivity index (χ3v) is 3.60. The Labute approximate surface area is 108 Å². The van der Waals surface area contributed by atoms with E-state index in [0.717, 1.165) is 9.79 Å². The molecule has 3 rings (SSSR count). The van der Waals surface area contributed by atoms with Crippen LogP contribution in [0, 0.1) is 6.92 Å². The topological polar surface area (TPSA) is 46.3 Å². The summed E-state index contributed by atoms with van der Waals surface area (Å²) in [6.45, 7) is 1.79. The number of phenolic OH excluding ortho intramolecular Hbond substituents is 1. The van der Waals surface area contributed by atoms with E-state index in [-0.39, 0.29) is 5.75 Å². The van der Waals surface area contributed by atoms with Crippen LogP contribution in [0.15, 0.2) is 56.7 Å². The zero-order valence-electron chi connectivity index (χ0n) is 9.75. The summed E-state index contributed by atoms with van der Waals surface area (Å²) in [4.78, 5) is 6.03. The lowest BCUT2D eigenvalue weighted by Gasteiger charge is -2.03. The number of aromatic nitrogens is 1. The Kier molecular flexibility index (Phi) is 2.72. The molecule has 0 saturated carbocycles. The molecule has 0 atom stereocenters. The van der Waals surface area contributed by atoms with Gasteiger partial charge in [-0.25, -0.2) is 4.98 Å². The highest BCUT2D eigenvalue weighted by molar-refractivity contribution is 7.99. The second-order valence-electron chi connectivity index (χ2n) is 3.94. The monoisotopic (exact) mass is 257 g/mol. The summed E-state index contributed by atoms with van der Waals surface area (Å²) >= 11 is 1.50. The van der Waals surface area contributed by atoms with Crippen molar-refractivity contribution in [2.24, 2.45) is 0 Å². The third-order valence-electron chi connectivity index (χ3n) is 2.55. The van der Waals surface area contributed by atoms with E-state index < -0.39 is 0 Å². The van der Waals surface area contributed by atoms with Crippen LogP contribution in [0.5, 0.6) is 5.75 Å². The molecular formula is C14H11NO2S. The smallest absolute Gasteiger partial charge is 0.192 e.